The van der Waals surface area contributed by atoms with Crippen molar-refractivity contribution >= 4 is 21.7 Å². The molecule has 2 aromatic rings. The molecule has 3 rings (SSSR count). The van der Waals surface area contributed by atoms with Crippen LogP contribution in [0.15, 0.2) is 39.8 Å². The van der Waals surface area contributed by atoms with Gasteiger partial charge in [0.2, 0.25) is 15.9 Å². The minimum absolute atomic E-state index is 0.0569. The molecule has 2 heterocycles. The van der Waals surface area contributed by atoms with E-state index in [4.69, 9.17) is 4.52 Å². The number of aromatic nitrogens is 1. The predicted molar refractivity (Wildman–Crippen MR) is 107 cm³/mol. The topological polar surface area (TPSA) is 92.5 Å². The number of nitrogens with one attached hydrogen (secondary N) is 1. The molecular weight excluding hydrogens is 435 g/mol. The molecule has 7 nitrogen and oxygen atoms in total. The fourth-order valence-corrected chi connectivity index (χ4v) is 5.02. The minimum Gasteiger partial charge on any atom is -0.359 e. The molecule has 0 aliphatic carbocycles. The van der Waals surface area contributed by atoms with E-state index in [1.165, 1.54) is 6.07 Å². The first-order valence-electron chi connectivity index (χ1n) is 9.74. The van der Waals surface area contributed by atoms with Crippen LogP contribution < -0.4 is 5.32 Å². The number of amides is 1. The van der Waals surface area contributed by atoms with Crippen LogP contribution in [0, 0.1) is 5.92 Å². The summed E-state index contributed by atoms with van der Waals surface area (Å²) in [7, 11) is -4.34. The van der Waals surface area contributed by atoms with Crippen molar-refractivity contribution < 1.29 is 30.9 Å². The number of piperidine rings is 1. The Morgan fingerprint density at radius 3 is 2.32 bits per heavy atom. The van der Waals surface area contributed by atoms with E-state index in [-0.39, 0.29) is 43.1 Å². The van der Waals surface area contributed by atoms with Crippen molar-refractivity contribution in [2.75, 3.05) is 18.4 Å². The predicted octanol–water partition coefficient (Wildman–Crippen LogP) is 4.03. The fraction of sp³-hybridized carbons (Fsp3) is 0.500. The summed E-state index contributed by atoms with van der Waals surface area (Å²) in [4.78, 5) is 11.8. The molecule has 170 valence electrons. The lowest BCUT2D eigenvalue weighted by Gasteiger charge is -2.31. The van der Waals surface area contributed by atoms with Crippen molar-refractivity contribution in [1.82, 2.24) is 9.46 Å². The number of benzene rings is 1. The van der Waals surface area contributed by atoms with Gasteiger partial charge < -0.3 is 9.84 Å². The number of hydrogen-bond acceptors (Lipinski definition) is 5. The van der Waals surface area contributed by atoms with Gasteiger partial charge in [0, 0.05) is 30.5 Å². The summed E-state index contributed by atoms with van der Waals surface area (Å²) in [5, 5.41) is 6.48. The lowest BCUT2D eigenvalue weighted by atomic mass is 9.93. The van der Waals surface area contributed by atoms with Gasteiger partial charge in [-0.1, -0.05) is 38.1 Å². The number of carbonyl (C=O) groups excluding carboxylic acids is 1. The van der Waals surface area contributed by atoms with Gasteiger partial charge in [-0.2, -0.15) is 17.5 Å². The Kier molecular flexibility index (Phi) is 6.21. The summed E-state index contributed by atoms with van der Waals surface area (Å²) in [6.45, 7) is 5.70. The molecule has 1 N–H and O–H groups in total. The van der Waals surface area contributed by atoms with E-state index in [2.05, 4.69) is 10.5 Å². The van der Waals surface area contributed by atoms with E-state index in [1.807, 2.05) is 20.8 Å². The second-order valence-corrected chi connectivity index (χ2v) is 10.4. The highest BCUT2D eigenvalue weighted by Crippen LogP contribution is 2.36. The molecule has 1 aromatic carbocycles. The van der Waals surface area contributed by atoms with Gasteiger partial charge in [-0.15, -0.1) is 0 Å². The third-order valence-electron chi connectivity index (χ3n) is 5.14. The molecule has 1 saturated heterocycles. The summed E-state index contributed by atoms with van der Waals surface area (Å²) in [6, 6.07) is 5.73. The Balaban J connectivity index is 1.67. The van der Waals surface area contributed by atoms with Crippen LogP contribution >= 0.6 is 0 Å². The molecule has 1 aromatic heterocycles. The van der Waals surface area contributed by atoms with E-state index < -0.39 is 32.6 Å². The van der Waals surface area contributed by atoms with Gasteiger partial charge in [0.15, 0.2) is 5.82 Å². The van der Waals surface area contributed by atoms with Crippen LogP contribution in [0.3, 0.4) is 0 Å². The second kappa shape index (κ2) is 8.27. The van der Waals surface area contributed by atoms with E-state index in [9.17, 15) is 26.4 Å². The highest BCUT2D eigenvalue weighted by Gasteiger charge is 2.40. The maximum absolute atomic E-state index is 13.2. The summed E-state index contributed by atoms with van der Waals surface area (Å²) >= 11 is 0. The number of alkyl halides is 3. The molecule has 0 radical (unpaired) electrons. The Morgan fingerprint density at radius 1 is 1.16 bits per heavy atom. The van der Waals surface area contributed by atoms with Crippen molar-refractivity contribution in [2.45, 2.75) is 50.1 Å². The number of hydrogen-bond donors (Lipinski definition) is 1. The van der Waals surface area contributed by atoms with Crippen LogP contribution in [0.25, 0.3) is 0 Å². The van der Waals surface area contributed by atoms with Crippen molar-refractivity contribution in [3.8, 4) is 0 Å². The van der Waals surface area contributed by atoms with Gasteiger partial charge in [0.25, 0.3) is 0 Å². The largest absolute Gasteiger partial charge is 0.417 e. The Morgan fingerprint density at radius 2 is 1.77 bits per heavy atom. The maximum atomic E-state index is 13.2. The van der Waals surface area contributed by atoms with E-state index in [0.29, 0.717) is 5.76 Å². The highest BCUT2D eigenvalue weighted by molar-refractivity contribution is 7.89. The van der Waals surface area contributed by atoms with Crippen molar-refractivity contribution in [3.05, 3.63) is 41.7 Å². The second-order valence-electron chi connectivity index (χ2n) is 8.49. The Hall–Kier alpha value is -2.40. The number of rotatable bonds is 4. The highest BCUT2D eigenvalue weighted by atomic mass is 32.2. The molecule has 0 saturated carbocycles. The standard InChI is InChI=1S/C20H24F3N3O4S/c1-19(2,3)16-12-17(25-30-16)24-18(27)13-8-10-26(11-9-13)31(28,29)15-7-5-4-6-14(15)20(21,22)23/h4-7,12-13H,8-11H2,1-3H3,(H,24,25,27). The molecule has 0 atom stereocenters. The van der Waals surface area contributed by atoms with Crippen LogP contribution in [0.4, 0.5) is 19.0 Å². The lowest BCUT2D eigenvalue weighted by Crippen LogP contribution is -2.41. The van der Waals surface area contributed by atoms with Crippen molar-refractivity contribution in [1.29, 1.82) is 0 Å². The smallest absolute Gasteiger partial charge is 0.359 e. The van der Waals surface area contributed by atoms with Gasteiger partial charge in [-0.25, -0.2) is 8.42 Å². The minimum atomic E-state index is -4.79. The molecule has 1 fully saturated rings. The molecule has 1 aliphatic rings. The summed E-state index contributed by atoms with van der Waals surface area (Å²) in [5.74, 6) is 0.0525. The quantitative estimate of drug-likeness (QED) is 0.745. The summed E-state index contributed by atoms with van der Waals surface area (Å²) in [5.41, 5.74) is -1.47. The van der Waals surface area contributed by atoms with Crippen LogP contribution in [0.5, 0.6) is 0 Å². The van der Waals surface area contributed by atoms with E-state index in [1.54, 1.807) is 6.07 Å². The first-order valence-corrected chi connectivity index (χ1v) is 11.2. The molecule has 31 heavy (non-hydrogen) atoms. The number of halogens is 3. The average Bonchev–Trinajstić information content (AvgIpc) is 3.16. The SMILES string of the molecule is CC(C)(C)c1cc(NC(=O)C2CCN(S(=O)(=O)c3ccccc3C(F)(F)F)CC2)no1. The van der Waals surface area contributed by atoms with Crippen molar-refractivity contribution in [3.63, 3.8) is 0 Å². The van der Waals surface area contributed by atoms with Gasteiger partial charge in [-0.05, 0) is 25.0 Å². The zero-order valence-electron chi connectivity index (χ0n) is 17.4. The van der Waals surface area contributed by atoms with Crippen molar-refractivity contribution in [2.24, 2.45) is 5.92 Å². The van der Waals surface area contributed by atoms with Crippen LogP contribution in [-0.4, -0.2) is 36.9 Å². The van der Waals surface area contributed by atoms with Gasteiger partial charge in [-0.3, -0.25) is 4.79 Å². The van der Waals surface area contributed by atoms with Crippen LogP contribution in [-0.2, 0) is 26.4 Å². The maximum Gasteiger partial charge on any atom is 0.417 e. The first kappa shape index (κ1) is 23.3. The van der Waals surface area contributed by atoms with E-state index >= 15 is 0 Å². The molecular formula is C20H24F3N3O4S. The number of nitrogens with zero attached hydrogens (tertiary/aromatic N) is 2. The van der Waals surface area contributed by atoms with Crippen LogP contribution in [0.1, 0.15) is 44.9 Å². The lowest BCUT2D eigenvalue weighted by molar-refractivity contribution is -0.139. The molecule has 11 heteroatoms. The van der Waals surface area contributed by atoms with E-state index in [0.717, 1.165) is 22.5 Å². The normalized spacial score (nSPS) is 17.0. The molecule has 1 amide bonds. The number of anilines is 1. The van der Waals surface area contributed by atoms with Crippen LogP contribution in [0.2, 0.25) is 0 Å². The summed E-state index contributed by atoms with van der Waals surface area (Å²) in [6.07, 6.45) is -4.42. The number of carbonyl (C=O) groups is 1. The molecule has 0 unspecified atom stereocenters. The molecule has 0 spiro atoms. The zero-order chi connectivity index (χ0) is 23.0. The number of sulfonamides is 1. The Bertz CT molecular complexity index is 1050. The third kappa shape index (κ3) is 5.09. The third-order valence-corrected chi connectivity index (χ3v) is 7.09. The molecule has 0 bridgehead atoms. The zero-order valence-corrected chi connectivity index (χ0v) is 18.2. The summed E-state index contributed by atoms with van der Waals surface area (Å²) < 4.78 is 71.6. The average molecular weight is 459 g/mol. The van der Waals surface area contributed by atoms with Gasteiger partial charge >= 0.3 is 6.18 Å². The fourth-order valence-electron chi connectivity index (χ4n) is 3.34. The van der Waals surface area contributed by atoms with Gasteiger partial charge in [0.1, 0.15) is 5.76 Å². The molecule has 1 aliphatic heterocycles. The van der Waals surface area contributed by atoms with Gasteiger partial charge in [0.05, 0.1) is 10.5 Å². The monoisotopic (exact) mass is 459 g/mol. The first-order chi connectivity index (χ1) is 14.3. The Labute approximate surface area is 178 Å².